The largest absolute Gasteiger partial charge is 0.534 e. The SMILES string of the molecule is CCc1c(C(=O)OC)nn(-c2ccc(Cl)cc2Cl)c1OS(=O)(=O)C(F)(F)F. The molecule has 0 fully saturated rings. The molecule has 7 nitrogen and oxygen atoms in total. The zero-order chi connectivity index (χ0) is 20.6. The minimum Gasteiger partial charge on any atom is -0.464 e. The molecule has 0 saturated heterocycles. The maximum absolute atomic E-state index is 12.8. The summed E-state index contributed by atoms with van der Waals surface area (Å²) in [4.78, 5) is 11.9. The van der Waals surface area contributed by atoms with E-state index in [0.29, 0.717) is 4.68 Å². The van der Waals surface area contributed by atoms with Crippen LogP contribution in [0.4, 0.5) is 13.2 Å². The number of nitrogens with zero attached hydrogens (tertiary/aromatic N) is 2. The molecule has 0 amide bonds. The van der Waals surface area contributed by atoms with Crippen molar-refractivity contribution >= 4 is 39.3 Å². The van der Waals surface area contributed by atoms with E-state index in [9.17, 15) is 26.4 Å². The summed E-state index contributed by atoms with van der Waals surface area (Å²) in [5.41, 5.74) is -6.38. The monoisotopic (exact) mass is 446 g/mol. The van der Waals surface area contributed by atoms with Gasteiger partial charge in [-0.1, -0.05) is 30.1 Å². The molecule has 148 valence electrons. The fourth-order valence-electron chi connectivity index (χ4n) is 2.07. The standard InChI is InChI=1S/C14H11Cl2F3N2O5S/c1-3-8-11(13(22)25-2)20-21(10-5-4-7(15)6-9(10)16)12(8)26-27(23,24)14(17,18)19/h4-6H,3H2,1-2H3. The Morgan fingerprint density at radius 3 is 2.41 bits per heavy atom. The van der Waals surface area contributed by atoms with Crippen molar-refractivity contribution in [3.63, 3.8) is 0 Å². The van der Waals surface area contributed by atoms with Gasteiger partial charge in [-0.2, -0.15) is 31.4 Å². The van der Waals surface area contributed by atoms with E-state index in [-0.39, 0.29) is 27.7 Å². The number of carbonyl (C=O) groups is 1. The quantitative estimate of drug-likeness (QED) is 0.394. The van der Waals surface area contributed by atoms with Crippen LogP contribution in [-0.4, -0.2) is 36.8 Å². The first-order valence-corrected chi connectivity index (χ1v) is 9.25. The fourth-order valence-corrected chi connectivity index (χ4v) is 3.03. The molecule has 0 saturated carbocycles. The smallest absolute Gasteiger partial charge is 0.464 e. The minimum absolute atomic E-state index is 0.0571. The van der Waals surface area contributed by atoms with Crippen LogP contribution in [0.25, 0.3) is 5.69 Å². The molecule has 2 aromatic rings. The average Bonchev–Trinajstić information content (AvgIpc) is 2.90. The number of hydrogen-bond donors (Lipinski definition) is 0. The highest BCUT2D eigenvalue weighted by molar-refractivity contribution is 7.88. The second-order valence-corrected chi connectivity index (χ2v) is 7.35. The highest BCUT2D eigenvalue weighted by atomic mass is 35.5. The van der Waals surface area contributed by atoms with Crippen LogP contribution in [0.1, 0.15) is 23.0 Å². The molecule has 2 rings (SSSR count). The van der Waals surface area contributed by atoms with Crippen LogP contribution in [0, 0.1) is 0 Å². The van der Waals surface area contributed by atoms with Crippen molar-refractivity contribution in [1.29, 1.82) is 0 Å². The molecule has 0 unspecified atom stereocenters. The highest BCUT2D eigenvalue weighted by Gasteiger charge is 2.49. The zero-order valence-electron chi connectivity index (χ0n) is 13.7. The van der Waals surface area contributed by atoms with Crippen molar-refractivity contribution in [2.75, 3.05) is 7.11 Å². The molecule has 27 heavy (non-hydrogen) atoms. The van der Waals surface area contributed by atoms with E-state index < -0.39 is 33.2 Å². The van der Waals surface area contributed by atoms with E-state index in [1.54, 1.807) is 0 Å². The molecular formula is C14H11Cl2F3N2O5S. The van der Waals surface area contributed by atoms with E-state index in [1.165, 1.54) is 25.1 Å². The molecule has 13 heteroatoms. The normalized spacial score (nSPS) is 12.1. The van der Waals surface area contributed by atoms with Crippen LogP contribution in [-0.2, 0) is 21.3 Å². The molecular weight excluding hydrogens is 436 g/mol. The summed E-state index contributed by atoms with van der Waals surface area (Å²) in [7, 11) is -5.01. The van der Waals surface area contributed by atoms with Crippen LogP contribution < -0.4 is 4.18 Å². The molecule has 0 aliphatic rings. The molecule has 1 aromatic carbocycles. The van der Waals surface area contributed by atoms with Crippen molar-refractivity contribution in [1.82, 2.24) is 9.78 Å². The summed E-state index contributed by atoms with van der Waals surface area (Å²) in [6, 6.07) is 3.87. The van der Waals surface area contributed by atoms with Gasteiger partial charge in [0.2, 0.25) is 5.88 Å². The lowest BCUT2D eigenvalue weighted by Crippen LogP contribution is -2.29. The summed E-state index contributed by atoms with van der Waals surface area (Å²) < 4.78 is 70.8. The van der Waals surface area contributed by atoms with Gasteiger partial charge in [0.25, 0.3) is 0 Å². The second kappa shape index (κ2) is 7.56. The third kappa shape index (κ3) is 4.14. The van der Waals surface area contributed by atoms with Crippen molar-refractivity contribution in [2.24, 2.45) is 0 Å². The summed E-state index contributed by atoms with van der Waals surface area (Å²) in [5.74, 6) is -1.83. The Balaban J connectivity index is 2.79. The lowest BCUT2D eigenvalue weighted by molar-refractivity contribution is -0.0502. The number of ether oxygens (including phenoxy) is 1. The van der Waals surface area contributed by atoms with Gasteiger partial charge in [-0.05, 0) is 24.6 Å². The van der Waals surface area contributed by atoms with E-state index in [4.69, 9.17) is 23.2 Å². The van der Waals surface area contributed by atoms with E-state index >= 15 is 0 Å². The van der Waals surface area contributed by atoms with Crippen LogP contribution >= 0.6 is 23.2 Å². The first-order valence-electron chi connectivity index (χ1n) is 7.09. The van der Waals surface area contributed by atoms with Crippen molar-refractivity contribution < 1.29 is 35.3 Å². The third-order valence-corrected chi connectivity index (χ3v) is 4.76. The number of aromatic nitrogens is 2. The molecule has 0 aliphatic heterocycles. The molecule has 1 heterocycles. The molecule has 1 aromatic heterocycles. The summed E-state index contributed by atoms with van der Waals surface area (Å²) in [6.45, 7) is 1.46. The van der Waals surface area contributed by atoms with Gasteiger partial charge in [0.05, 0.1) is 23.4 Å². The fraction of sp³-hybridized carbons (Fsp3) is 0.286. The van der Waals surface area contributed by atoms with Gasteiger partial charge < -0.3 is 8.92 Å². The minimum atomic E-state index is -6.04. The number of methoxy groups -OCH3 is 1. The first kappa shape index (κ1) is 21.3. The van der Waals surface area contributed by atoms with E-state index in [2.05, 4.69) is 14.0 Å². The van der Waals surface area contributed by atoms with Crippen LogP contribution in [0.2, 0.25) is 10.0 Å². The van der Waals surface area contributed by atoms with Crippen LogP contribution in [0.5, 0.6) is 5.88 Å². The second-order valence-electron chi connectivity index (χ2n) is 4.97. The first-order chi connectivity index (χ1) is 12.4. The van der Waals surface area contributed by atoms with Gasteiger partial charge in [0.1, 0.15) is 0 Å². The molecule has 0 N–H and O–H groups in total. The average molecular weight is 447 g/mol. The van der Waals surface area contributed by atoms with Crippen LogP contribution in [0.3, 0.4) is 0 Å². The lowest BCUT2D eigenvalue weighted by atomic mass is 10.2. The Labute approximate surface area is 161 Å². The maximum atomic E-state index is 12.8. The molecule has 0 aliphatic carbocycles. The molecule has 0 bridgehead atoms. The highest BCUT2D eigenvalue weighted by Crippen LogP contribution is 2.35. The number of rotatable bonds is 5. The molecule has 0 atom stereocenters. The number of hydrogen-bond acceptors (Lipinski definition) is 6. The number of benzene rings is 1. The van der Waals surface area contributed by atoms with Crippen molar-refractivity contribution in [3.8, 4) is 11.6 Å². The summed E-state index contributed by atoms with van der Waals surface area (Å²) in [5, 5.41) is 3.98. The molecule has 0 radical (unpaired) electrons. The zero-order valence-corrected chi connectivity index (χ0v) is 16.0. The molecule has 0 spiro atoms. The Morgan fingerprint density at radius 1 is 1.30 bits per heavy atom. The van der Waals surface area contributed by atoms with Gasteiger partial charge >= 0.3 is 21.6 Å². The summed E-state index contributed by atoms with van der Waals surface area (Å²) >= 11 is 11.8. The maximum Gasteiger partial charge on any atom is 0.534 e. The number of halogens is 5. The van der Waals surface area contributed by atoms with Gasteiger partial charge in [-0.3, -0.25) is 0 Å². The van der Waals surface area contributed by atoms with Crippen molar-refractivity contribution in [3.05, 3.63) is 39.5 Å². The van der Waals surface area contributed by atoms with Crippen LogP contribution in [0.15, 0.2) is 18.2 Å². The van der Waals surface area contributed by atoms with E-state index in [1.807, 2.05) is 0 Å². The lowest BCUT2D eigenvalue weighted by Gasteiger charge is -2.13. The number of alkyl halides is 3. The van der Waals surface area contributed by atoms with Crippen molar-refractivity contribution in [2.45, 2.75) is 18.9 Å². The summed E-state index contributed by atoms with van der Waals surface area (Å²) in [6.07, 6.45) is -0.0850. The van der Waals surface area contributed by atoms with Gasteiger partial charge in [-0.25, -0.2) is 4.79 Å². The third-order valence-electron chi connectivity index (χ3n) is 3.28. The topological polar surface area (TPSA) is 87.5 Å². The Hall–Kier alpha value is -1.98. The van der Waals surface area contributed by atoms with Gasteiger partial charge in [0.15, 0.2) is 5.69 Å². The number of esters is 1. The van der Waals surface area contributed by atoms with Gasteiger partial charge in [0, 0.05) is 5.02 Å². The Morgan fingerprint density at radius 2 is 1.93 bits per heavy atom. The Kier molecular flexibility index (Phi) is 5.97. The predicted octanol–water partition coefficient (Wildman–Crippen LogP) is 3.76. The number of carbonyl (C=O) groups excluding carboxylic acids is 1. The Bertz CT molecular complexity index is 989. The van der Waals surface area contributed by atoms with Gasteiger partial charge in [-0.15, -0.1) is 0 Å². The van der Waals surface area contributed by atoms with E-state index in [0.717, 1.165) is 7.11 Å². The predicted molar refractivity (Wildman–Crippen MR) is 89.9 cm³/mol.